The van der Waals surface area contributed by atoms with E-state index in [1.165, 1.54) is 12.8 Å². The largest absolute Gasteiger partial charge is 0.468 e. The highest BCUT2D eigenvalue weighted by Gasteiger charge is 2.22. The number of hydrogen-bond acceptors (Lipinski definition) is 7. The molecule has 0 atom stereocenters. The summed E-state index contributed by atoms with van der Waals surface area (Å²) in [5.41, 5.74) is 0.988. The molecular weight excluding hydrogens is 388 g/mol. The number of para-hydroxylation sites is 1. The summed E-state index contributed by atoms with van der Waals surface area (Å²) in [7, 11) is 4.06. The van der Waals surface area contributed by atoms with Crippen LogP contribution in [0.1, 0.15) is 31.4 Å². The zero-order chi connectivity index (χ0) is 21.5. The van der Waals surface area contributed by atoms with E-state index in [1.54, 1.807) is 6.26 Å². The van der Waals surface area contributed by atoms with E-state index >= 15 is 0 Å². The van der Waals surface area contributed by atoms with Gasteiger partial charge < -0.3 is 25.3 Å². The maximum atomic E-state index is 5.33. The van der Waals surface area contributed by atoms with Crippen LogP contribution in [0.4, 0.5) is 11.8 Å². The second-order valence-electron chi connectivity index (χ2n) is 8.60. The maximum absolute atomic E-state index is 5.33. The van der Waals surface area contributed by atoms with Gasteiger partial charge in [0.1, 0.15) is 11.6 Å². The molecule has 3 aromatic rings. The predicted molar refractivity (Wildman–Crippen MR) is 127 cm³/mol. The minimum atomic E-state index is 0.447. The number of nitrogens with zero attached hydrogens (tertiary/aromatic N) is 3. The van der Waals surface area contributed by atoms with Gasteiger partial charge in [-0.25, -0.2) is 4.98 Å². The molecule has 7 heteroatoms. The third kappa shape index (κ3) is 5.95. The molecule has 4 rings (SSSR count). The molecule has 1 fully saturated rings. The van der Waals surface area contributed by atoms with Crippen molar-refractivity contribution in [2.75, 3.05) is 43.9 Å². The molecule has 0 radical (unpaired) electrons. The van der Waals surface area contributed by atoms with Crippen molar-refractivity contribution in [3.05, 3.63) is 48.4 Å². The van der Waals surface area contributed by atoms with E-state index in [-0.39, 0.29) is 0 Å². The van der Waals surface area contributed by atoms with Crippen molar-refractivity contribution in [3.63, 3.8) is 0 Å². The fourth-order valence-electron chi connectivity index (χ4n) is 4.27. The maximum Gasteiger partial charge on any atom is 0.225 e. The number of rotatable bonds is 10. The monoisotopic (exact) mass is 422 g/mol. The Balaban J connectivity index is 1.19. The SMILES string of the molecule is CN(C)c1nc(N[C@H]2CC[C@@H](CNCCNCc3ccco3)CC2)nc2ccccc12. The van der Waals surface area contributed by atoms with Crippen molar-refractivity contribution in [2.24, 2.45) is 5.92 Å². The van der Waals surface area contributed by atoms with Gasteiger partial charge in [0.25, 0.3) is 0 Å². The summed E-state index contributed by atoms with van der Waals surface area (Å²) in [6.07, 6.45) is 6.51. The van der Waals surface area contributed by atoms with E-state index in [4.69, 9.17) is 14.4 Å². The Bertz CT molecular complexity index is 934. The number of hydrogen-bond donors (Lipinski definition) is 3. The Morgan fingerprint density at radius 3 is 2.55 bits per heavy atom. The number of anilines is 2. The Morgan fingerprint density at radius 1 is 0.968 bits per heavy atom. The van der Waals surface area contributed by atoms with Crippen LogP contribution in [0, 0.1) is 5.92 Å². The van der Waals surface area contributed by atoms with Gasteiger partial charge in [0.15, 0.2) is 0 Å². The molecule has 166 valence electrons. The number of fused-ring (bicyclic) bond motifs is 1. The standard InChI is InChI=1S/C24H34N6O/c1-30(2)23-21-7-3-4-8-22(21)28-24(29-23)27-19-11-9-18(10-12-19)16-25-13-14-26-17-20-6-5-15-31-20/h3-8,15,18-19,25-26H,9-14,16-17H2,1-2H3,(H,27,28,29)/t18-,19+. The minimum absolute atomic E-state index is 0.447. The molecule has 0 amide bonds. The first-order valence-corrected chi connectivity index (χ1v) is 11.3. The fourth-order valence-corrected chi connectivity index (χ4v) is 4.27. The third-order valence-electron chi connectivity index (χ3n) is 5.98. The predicted octanol–water partition coefficient (Wildman–Crippen LogP) is 3.64. The van der Waals surface area contributed by atoms with E-state index in [9.17, 15) is 0 Å². The minimum Gasteiger partial charge on any atom is -0.468 e. The lowest BCUT2D eigenvalue weighted by molar-refractivity contribution is 0.324. The Hall–Kier alpha value is -2.64. The Labute approximate surface area is 184 Å². The zero-order valence-corrected chi connectivity index (χ0v) is 18.6. The molecule has 1 aromatic carbocycles. The first-order valence-electron chi connectivity index (χ1n) is 11.3. The molecule has 0 aliphatic heterocycles. The van der Waals surface area contributed by atoms with E-state index in [0.29, 0.717) is 6.04 Å². The van der Waals surface area contributed by atoms with Crippen molar-refractivity contribution >= 4 is 22.7 Å². The van der Waals surface area contributed by atoms with Crippen LogP contribution in [0.2, 0.25) is 0 Å². The summed E-state index contributed by atoms with van der Waals surface area (Å²) >= 11 is 0. The molecule has 1 aliphatic rings. The molecule has 0 spiro atoms. The van der Waals surface area contributed by atoms with Crippen molar-refractivity contribution < 1.29 is 4.42 Å². The van der Waals surface area contributed by atoms with Crippen LogP contribution in [0.25, 0.3) is 10.9 Å². The molecule has 1 saturated carbocycles. The number of aromatic nitrogens is 2. The second kappa shape index (κ2) is 10.6. The first kappa shape index (κ1) is 21.6. The smallest absolute Gasteiger partial charge is 0.225 e. The second-order valence-corrected chi connectivity index (χ2v) is 8.60. The molecular formula is C24H34N6O. The van der Waals surface area contributed by atoms with E-state index in [2.05, 4.69) is 33.0 Å². The van der Waals surface area contributed by atoms with Gasteiger partial charge in [-0.15, -0.1) is 0 Å². The molecule has 0 unspecified atom stereocenters. The summed E-state index contributed by atoms with van der Waals surface area (Å²) in [4.78, 5) is 11.6. The molecule has 2 heterocycles. The Morgan fingerprint density at radius 2 is 1.77 bits per heavy atom. The van der Waals surface area contributed by atoms with Gasteiger partial charge in [-0.05, 0) is 62.4 Å². The quantitative estimate of drug-likeness (QED) is 0.431. The van der Waals surface area contributed by atoms with Crippen LogP contribution >= 0.6 is 0 Å². The average Bonchev–Trinajstić information content (AvgIpc) is 3.30. The van der Waals surface area contributed by atoms with Crippen LogP contribution < -0.4 is 20.9 Å². The van der Waals surface area contributed by atoms with E-state index in [0.717, 1.165) is 73.4 Å². The highest BCUT2D eigenvalue weighted by molar-refractivity contribution is 5.90. The highest BCUT2D eigenvalue weighted by Crippen LogP contribution is 2.28. The van der Waals surface area contributed by atoms with Crippen molar-refractivity contribution in [1.29, 1.82) is 0 Å². The fraction of sp³-hybridized carbons (Fsp3) is 0.500. The molecule has 0 saturated heterocycles. The van der Waals surface area contributed by atoms with Crippen LogP contribution in [0.3, 0.4) is 0 Å². The molecule has 7 nitrogen and oxygen atoms in total. The molecule has 2 aromatic heterocycles. The summed E-state index contributed by atoms with van der Waals surface area (Å²) in [5, 5.41) is 11.7. The van der Waals surface area contributed by atoms with Gasteiger partial charge in [-0.3, -0.25) is 0 Å². The van der Waals surface area contributed by atoms with E-state index < -0.39 is 0 Å². The van der Waals surface area contributed by atoms with Crippen LogP contribution in [0.15, 0.2) is 47.1 Å². The first-order chi connectivity index (χ1) is 15.2. The average molecular weight is 423 g/mol. The van der Waals surface area contributed by atoms with Crippen molar-refractivity contribution in [2.45, 2.75) is 38.3 Å². The highest BCUT2D eigenvalue weighted by atomic mass is 16.3. The van der Waals surface area contributed by atoms with Gasteiger partial charge in [0.05, 0.1) is 18.3 Å². The summed E-state index contributed by atoms with van der Waals surface area (Å²) in [6, 6.07) is 12.6. The van der Waals surface area contributed by atoms with Crippen LogP contribution in [-0.2, 0) is 6.54 Å². The van der Waals surface area contributed by atoms with Crippen LogP contribution in [-0.4, -0.2) is 49.7 Å². The normalized spacial score (nSPS) is 18.9. The van der Waals surface area contributed by atoms with Gasteiger partial charge in [-0.1, -0.05) is 12.1 Å². The third-order valence-corrected chi connectivity index (χ3v) is 5.98. The lowest BCUT2D eigenvalue weighted by Gasteiger charge is -2.29. The number of benzene rings is 1. The topological polar surface area (TPSA) is 78.3 Å². The lowest BCUT2D eigenvalue weighted by Crippen LogP contribution is -2.34. The van der Waals surface area contributed by atoms with Gasteiger partial charge in [-0.2, -0.15) is 4.98 Å². The van der Waals surface area contributed by atoms with Crippen molar-refractivity contribution in [1.82, 2.24) is 20.6 Å². The summed E-state index contributed by atoms with van der Waals surface area (Å²) in [5.74, 6) is 3.44. The number of nitrogens with one attached hydrogen (secondary N) is 3. The van der Waals surface area contributed by atoms with Crippen molar-refractivity contribution in [3.8, 4) is 0 Å². The van der Waals surface area contributed by atoms with Gasteiger partial charge >= 0.3 is 0 Å². The Kier molecular flexibility index (Phi) is 7.38. The van der Waals surface area contributed by atoms with E-state index in [1.807, 2.05) is 38.4 Å². The molecule has 31 heavy (non-hydrogen) atoms. The molecule has 1 aliphatic carbocycles. The molecule has 3 N–H and O–H groups in total. The summed E-state index contributed by atoms with van der Waals surface area (Å²) in [6.45, 7) is 3.81. The molecule has 0 bridgehead atoms. The summed E-state index contributed by atoms with van der Waals surface area (Å²) < 4.78 is 5.33. The van der Waals surface area contributed by atoms with Gasteiger partial charge in [0, 0.05) is 38.6 Å². The lowest BCUT2D eigenvalue weighted by atomic mass is 9.86. The van der Waals surface area contributed by atoms with Gasteiger partial charge in [0.2, 0.25) is 5.95 Å². The zero-order valence-electron chi connectivity index (χ0n) is 18.6. The van der Waals surface area contributed by atoms with Crippen LogP contribution in [0.5, 0.6) is 0 Å². The number of furan rings is 1.